The van der Waals surface area contributed by atoms with Crippen LogP contribution in [0, 0.1) is 10.1 Å². The number of amides is 1. The third-order valence-corrected chi connectivity index (χ3v) is 6.94. The zero-order valence-electron chi connectivity index (χ0n) is 19.7. The van der Waals surface area contributed by atoms with Crippen molar-refractivity contribution in [3.8, 4) is 0 Å². The molecule has 0 atom stereocenters. The summed E-state index contributed by atoms with van der Waals surface area (Å²) in [6.07, 6.45) is 4.05. The molecule has 0 bridgehead atoms. The second-order valence-corrected chi connectivity index (χ2v) is 9.44. The van der Waals surface area contributed by atoms with Gasteiger partial charge in [0, 0.05) is 50.0 Å². The summed E-state index contributed by atoms with van der Waals surface area (Å²) in [5.74, 6) is 1.08. The molecule has 0 spiro atoms. The lowest BCUT2D eigenvalue weighted by atomic mass is 9.85. The quantitative estimate of drug-likeness (QED) is 0.356. The van der Waals surface area contributed by atoms with Gasteiger partial charge in [-0.3, -0.25) is 15.4 Å². The minimum absolute atomic E-state index is 0.195. The summed E-state index contributed by atoms with van der Waals surface area (Å²) in [6.45, 7) is 0.264. The molecule has 0 saturated heterocycles. The fourth-order valence-corrected chi connectivity index (χ4v) is 5.09. The number of anilines is 2. The summed E-state index contributed by atoms with van der Waals surface area (Å²) in [7, 11) is 3.84. The van der Waals surface area contributed by atoms with Crippen LogP contribution < -0.4 is 10.2 Å². The Hall–Kier alpha value is -3.43. The topological polar surface area (TPSA) is 125 Å². The van der Waals surface area contributed by atoms with Crippen molar-refractivity contribution < 1.29 is 14.8 Å². The first-order valence-corrected chi connectivity index (χ1v) is 11.8. The highest BCUT2D eigenvalue weighted by atomic mass is 16.6. The van der Waals surface area contributed by atoms with E-state index in [1.165, 1.54) is 4.90 Å². The molecule has 1 saturated carbocycles. The van der Waals surface area contributed by atoms with Gasteiger partial charge >= 0.3 is 6.09 Å². The maximum Gasteiger partial charge on any atom is 0.407 e. The van der Waals surface area contributed by atoms with Gasteiger partial charge in [-0.1, -0.05) is 30.3 Å². The summed E-state index contributed by atoms with van der Waals surface area (Å²) < 4.78 is 0. The van der Waals surface area contributed by atoms with E-state index >= 15 is 0 Å². The summed E-state index contributed by atoms with van der Waals surface area (Å²) >= 11 is 0. The van der Waals surface area contributed by atoms with Gasteiger partial charge in [0.2, 0.25) is 5.95 Å². The minimum atomic E-state index is -1.42. The second kappa shape index (κ2) is 9.82. The largest absolute Gasteiger partial charge is 0.465 e. The molecule has 0 aliphatic heterocycles. The van der Waals surface area contributed by atoms with Gasteiger partial charge < -0.3 is 14.9 Å². The van der Waals surface area contributed by atoms with Gasteiger partial charge in [-0.2, -0.15) is 4.98 Å². The van der Waals surface area contributed by atoms with Gasteiger partial charge in [0.15, 0.2) is 0 Å². The van der Waals surface area contributed by atoms with Gasteiger partial charge in [0.25, 0.3) is 5.66 Å². The predicted octanol–water partition coefficient (Wildman–Crippen LogP) is 3.93. The summed E-state index contributed by atoms with van der Waals surface area (Å²) in [4.78, 5) is 36.6. The van der Waals surface area contributed by atoms with E-state index in [1.54, 1.807) is 0 Å². The molecule has 2 N–H and O–H groups in total. The highest BCUT2D eigenvalue weighted by Gasteiger charge is 2.48. The van der Waals surface area contributed by atoms with Crippen molar-refractivity contribution in [2.75, 3.05) is 24.3 Å². The number of nitrogens with zero attached hydrogens (tertiary/aromatic N) is 5. The normalized spacial score (nSPS) is 21.9. The Balaban J connectivity index is 1.53. The molecule has 1 aromatic carbocycles. The molecule has 1 fully saturated rings. The molecule has 34 heavy (non-hydrogen) atoms. The molecule has 2 aliphatic rings. The number of benzene rings is 1. The molecule has 2 aliphatic carbocycles. The molecular formula is C24H32N6O4. The highest BCUT2D eigenvalue weighted by Crippen LogP contribution is 2.36. The Kier molecular flexibility index (Phi) is 6.85. The Morgan fingerprint density at radius 2 is 1.85 bits per heavy atom. The molecule has 10 heteroatoms. The lowest BCUT2D eigenvalue weighted by molar-refractivity contribution is -0.566. The van der Waals surface area contributed by atoms with Crippen LogP contribution in [0.1, 0.15) is 55.3 Å². The molecule has 182 valence electrons. The number of aromatic nitrogens is 2. The zero-order chi connectivity index (χ0) is 24.3. The van der Waals surface area contributed by atoms with E-state index in [0.29, 0.717) is 12.8 Å². The maximum absolute atomic E-state index is 12.2. The molecule has 2 aromatic rings. The summed E-state index contributed by atoms with van der Waals surface area (Å²) in [6, 6.07) is 9.12. The Labute approximate surface area is 199 Å². The lowest BCUT2D eigenvalue weighted by Crippen LogP contribution is -2.53. The van der Waals surface area contributed by atoms with E-state index in [-0.39, 0.29) is 36.3 Å². The first kappa shape index (κ1) is 23.7. The van der Waals surface area contributed by atoms with Gasteiger partial charge in [-0.05, 0) is 44.1 Å². The van der Waals surface area contributed by atoms with Gasteiger partial charge in [0.1, 0.15) is 5.82 Å². The third-order valence-electron chi connectivity index (χ3n) is 6.94. The van der Waals surface area contributed by atoms with Crippen LogP contribution in [0.15, 0.2) is 30.3 Å². The number of nitrogens with one attached hydrogen (secondary N) is 1. The zero-order valence-corrected chi connectivity index (χ0v) is 19.7. The van der Waals surface area contributed by atoms with Gasteiger partial charge in [-0.25, -0.2) is 9.78 Å². The van der Waals surface area contributed by atoms with E-state index in [4.69, 9.17) is 0 Å². The number of hydrogen-bond acceptors (Lipinski definition) is 7. The van der Waals surface area contributed by atoms with Crippen molar-refractivity contribution in [2.45, 2.75) is 69.6 Å². The van der Waals surface area contributed by atoms with Crippen molar-refractivity contribution in [3.05, 3.63) is 57.3 Å². The molecule has 1 heterocycles. The molecule has 0 radical (unpaired) electrons. The van der Waals surface area contributed by atoms with Crippen molar-refractivity contribution in [3.63, 3.8) is 0 Å². The summed E-state index contributed by atoms with van der Waals surface area (Å²) in [5.41, 5.74) is 1.56. The SMILES string of the molecule is CN(C)c1nc(NC2([N+](=O)[O-])CCC(N(Cc3ccccc3)C(=O)O)CC2)nc2c1CCCC2. The molecular weight excluding hydrogens is 436 g/mol. The first-order chi connectivity index (χ1) is 16.3. The second-order valence-electron chi connectivity index (χ2n) is 9.44. The van der Waals surface area contributed by atoms with Crippen molar-refractivity contribution in [1.82, 2.24) is 14.9 Å². The Bertz CT molecular complexity index is 1040. The first-order valence-electron chi connectivity index (χ1n) is 11.8. The third kappa shape index (κ3) is 4.90. The monoisotopic (exact) mass is 468 g/mol. The Morgan fingerprint density at radius 1 is 1.18 bits per heavy atom. The number of nitro groups is 1. The standard InChI is InChI=1S/C24H32N6O4/c1-28(2)21-19-10-6-7-11-20(19)25-22(26-21)27-24(30(33)34)14-12-18(13-15-24)29(23(31)32)16-17-8-4-3-5-9-17/h3-5,8-9,18H,6-7,10-16H2,1-2H3,(H,31,32)(H,25,26,27). The predicted molar refractivity (Wildman–Crippen MR) is 129 cm³/mol. The summed E-state index contributed by atoms with van der Waals surface area (Å²) in [5, 5.41) is 25.1. The average molecular weight is 469 g/mol. The van der Waals surface area contributed by atoms with E-state index < -0.39 is 11.8 Å². The molecule has 10 nitrogen and oxygen atoms in total. The van der Waals surface area contributed by atoms with E-state index in [0.717, 1.165) is 48.3 Å². The van der Waals surface area contributed by atoms with Gasteiger partial charge in [0.05, 0.1) is 5.69 Å². The lowest BCUT2D eigenvalue weighted by Gasteiger charge is -2.38. The van der Waals surface area contributed by atoms with Gasteiger partial charge in [-0.15, -0.1) is 0 Å². The Morgan fingerprint density at radius 3 is 2.47 bits per heavy atom. The van der Waals surface area contributed by atoms with Crippen molar-refractivity contribution in [2.24, 2.45) is 0 Å². The number of aryl methyl sites for hydroxylation is 1. The smallest absolute Gasteiger partial charge is 0.407 e. The van der Waals surface area contributed by atoms with Crippen LogP contribution in [0.2, 0.25) is 0 Å². The number of rotatable bonds is 7. The number of carboxylic acid groups (broad SMARTS) is 1. The number of hydrogen-bond donors (Lipinski definition) is 2. The highest BCUT2D eigenvalue weighted by molar-refractivity contribution is 5.65. The minimum Gasteiger partial charge on any atom is -0.465 e. The van der Waals surface area contributed by atoms with E-state index in [1.807, 2.05) is 49.3 Å². The number of fused-ring (bicyclic) bond motifs is 1. The van der Waals surface area contributed by atoms with E-state index in [9.17, 15) is 20.0 Å². The average Bonchev–Trinajstić information content (AvgIpc) is 2.83. The molecule has 1 aromatic heterocycles. The van der Waals surface area contributed by atoms with Crippen LogP contribution in [0.5, 0.6) is 0 Å². The van der Waals surface area contributed by atoms with Crippen LogP contribution in [0.25, 0.3) is 0 Å². The maximum atomic E-state index is 12.2. The molecule has 1 amide bonds. The van der Waals surface area contributed by atoms with Crippen LogP contribution in [-0.2, 0) is 19.4 Å². The molecule has 0 unspecified atom stereocenters. The van der Waals surface area contributed by atoms with E-state index in [2.05, 4.69) is 15.3 Å². The fraction of sp³-hybridized carbons (Fsp3) is 0.542. The van der Waals surface area contributed by atoms with Crippen LogP contribution in [-0.4, -0.2) is 56.8 Å². The fourth-order valence-electron chi connectivity index (χ4n) is 5.09. The van der Waals surface area contributed by atoms with Crippen LogP contribution in [0.3, 0.4) is 0 Å². The van der Waals surface area contributed by atoms with Crippen LogP contribution >= 0.6 is 0 Å². The number of carbonyl (C=O) groups is 1. The van der Waals surface area contributed by atoms with Crippen molar-refractivity contribution in [1.29, 1.82) is 0 Å². The van der Waals surface area contributed by atoms with Crippen molar-refractivity contribution >= 4 is 17.9 Å². The molecule has 4 rings (SSSR count). The van der Waals surface area contributed by atoms with Crippen LogP contribution in [0.4, 0.5) is 16.6 Å².